The van der Waals surface area contributed by atoms with Crippen molar-refractivity contribution in [1.82, 2.24) is 30.0 Å². The van der Waals surface area contributed by atoms with Crippen LogP contribution < -0.4 is 16.2 Å². The number of aromatic nitrogens is 5. The molecule has 1 unspecified atom stereocenters. The molecule has 3 heterocycles. The molecule has 1 amide bonds. The average Bonchev–Trinajstić information content (AvgIpc) is 3.50. The van der Waals surface area contributed by atoms with Crippen molar-refractivity contribution in [3.8, 4) is 0 Å². The molecule has 158 valence electrons. The van der Waals surface area contributed by atoms with Gasteiger partial charge in [-0.05, 0) is 37.3 Å². The van der Waals surface area contributed by atoms with Gasteiger partial charge in [0.15, 0.2) is 5.65 Å². The second-order valence-electron chi connectivity index (χ2n) is 7.64. The second-order valence-corrected chi connectivity index (χ2v) is 8.05. The number of carbonyl (C=O) groups excluding carboxylic acids is 1. The van der Waals surface area contributed by atoms with Crippen molar-refractivity contribution in [2.75, 3.05) is 12.4 Å². The molecule has 1 fully saturated rings. The van der Waals surface area contributed by atoms with E-state index < -0.39 is 0 Å². The fraction of sp³-hybridized carbons (Fsp3) is 0.286. The highest BCUT2D eigenvalue weighted by molar-refractivity contribution is 6.35. The van der Waals surface area contributed by atoms with E-state index in [1.807, 2.05) is 29.7 Å². The number of anilines is 1. The van der Waals surface area contributed by atoms with Crippen molar-refractivity contribution in [3.63, 3.8) is 0 Å². The number of H-pyrrole nitrogens is 1. The summed E-state index contributed by atoms with van der Waals surface area (Å²) in [6.45, 7) is 1.96. The molecular weight excluding hydrogens is 418 g/mol. The van der Waals surface area contributed by atoms with Crippen molar-refractivity contribution in [2.24, 2.45) is 0 Å². The number of pyridine rings is 1. The Morgan fingerprint density at radius 1 is 1.29 bits per heavy atom. The Morgan fingerprint density at radius 3 is 2.84 bits per heavy atom. The Kier molecular flexibility index (Phi) is 4.62. The van der Waals surface area contributed by atoms with E-state index in [2.05, 4.69) is 30.8 Å². The van der Waals surface area contributed by atoms with E-state index in [0.717, 1.165) is 23.9 Å². The minimum atomic E-state index is -0.316. The van der Waals surface area contributed by atoms with Crippen LogP contribution in [-0.4, -0.2) is 37.7 Å². The van der Waals surface area contributed by atoms with Crippen LogP contribution in [0, 0.1) is 0 Å². The molecule has 0 aliphatic heterocycles. The molecule has 3 aromatic heterocycles. The van der Waals surface area contributed by atoms with Crippen LogP contribution in [0.4, 0.5) is 5.82 Å². The highest BCUT2D eigenvalue weighted by Crippen LogP contribution is 2.38. The Bertz CT molecular complexity index is 1390. The molecular formula is C21H20ClN7O2. The largest absolute Gasteiger partial charge is 0.361 e. The number of carbonyl (C=O) groups is 1. The van der Waals surface area contributed by atoms with Gasteiger partial charge in [-0.25, -0.2) is 9.97 Å². The lowest BCUT2D eigenvalue weighted by atomic mass is 10.1. The number of benzene rings is 1. The maximum atomic E-state index is 13.3. The summed E-state index contributed by atoms with van der Waals surface area (Å²) in [6.07, 6.45) is 3.30. The molecule has 1 atom stereocenters. The number of rotatable bonds is 5. The van der Waals surface area contributed by atoms with E-state index in [0.29, 0.717) is 27.3 Å². The molecule has 0 radical (unpaired) electrons. The van der Waals surface area contributed by atoms with Crippen LogP contribution in [0.1, 0.15) is 48.0 Å². The molecule has 3 N–H and O–H groups in total. The molecule has 0 saturated heterocycles. The van der Waals surface area contributed by atoms with Gasteiger partial charge in [-0.15, -0.1) is 0 Å². The Hall–Kier alpha value is -3.46. The summed E-state index contributed by atoms with van der Waals surface area (Å²) in [5.74, 6) is 0.147. The summed E-state index contributed by atoms with van der Waals surface area (Å²) in [4.78, 5) is 34.0. The first-order chi connectivity index (χ1) is 15.0. The molecule has 0 spiro atoms. The van der Waals surface area contributed by atoms with Gasteiger partial charge in [0.25, 0.3) is 11.5 Å². The molecule has 1 saturated carbocycles. The number of amides is 1. The smallest absolute Gasteiger partial charge is 0.269 e. The number of nitrogens with zero attached hydrogens (tertiary/aromatic N) is 4. The molecule has 1 aromatic carbocycles. The number of halogens is 1. The average molecular weight is 438 g/mol. The molecule has 9 nitrogen and oxygen atoms in total. The van der Waals surface area contributed by atoms with Crippen LogP contribution in [-0.2, 0) is 0 Å². The van der Waals surface area contributed by atoms with Gasteiger partial charge >= 0.3 is 0 Å². The first-order valence-corrected chi connectivity index (χ1v) is 10.4. The Morgan fingerprint density at radius 2 is 2.10 bits per heavy atom. The summed E-state index contributed by atoms with van der Waals surface area (Å²) in [5.41, 5.74) is 1.40. The molecule has 31 heavy (non-hydrogen) atoms. The van der Waals surface area contributed by atoms with Crippen LogP contribution in [0.15, 0.2) is 35.4 Å². The normalized spacial score (nSPS) is 14.7. The maximum Gasteiger partial charge on any atom is 0.269 e. The van der Waals surface area contributed by atoms with Crippen molar-refractivity contribution >= 4 is 45.1 Å². The van der Waals surface area contributed by atoms with Gasteiger partial charge in [-0.1, -0.05) is 23.7 Å². The summed E-state index contributed by atoms with van der Waals surface area (Å²) in [6, 6.07) is 7.34. The third-order valence-corrected chi connectivity index (χ3v) is 5.89. The van der Waals surface area contributed by atoms with Crippen molar-refractivity contribution in [2.45, 2.75) is 31.8 Å². The van der Waals surface area contributed by atoms with Crippen LogP contribution >= 0.6 is 11.6 Å². The molecule has 5 rings (SSSR count). The number of nitrogens with one attached hydrogen (secondary N) is 3. The van der Waals surface area contributed by atoms with E-state index in [1.54, 1.807) is 13.1 Å². The number of hydrogen-bond donors (Lipinski definition) is 3. The Labute approximate surface area is 181 Å². The van der Waals surface area contributed by atoms with Crippen LogP contribution in [0.2, 0.25) is 5.02 Å². The van der Waals surface area contributed by atoms with Crippen LogP contribution in [0.25, 0.3) is 21.8 Å². The highest BCUT2D eigenvalue weighted by atomic mass is 35.5. The number of hydrogen-bond acceptors (Lipinski definition) is 6. The first kappa shape index (κ1) is 19.5. The molecule has 0 bridgehead atoms. The molecule has 4 aromatic rings. The minimum absolute atomic E-state index is 0.0866. The van der Waals surface area contributed by atoms with Gasteiger partial charge in [0.2, 0.25) is 0 Å². The van der Waals surface area contributed by atoms with E-state index in [4.69, 9.17) is 11.6 Å². The molecule has 10 heteroatoms. The SMILES string of the molecule is CNC(=O)c1[nH]nc2ncnc(NC(C)c3cc4cccc(Cl)c4c(=O)n3C3CC3)c12. The predicted octanol–water partition coefficient (Wildman–Crippen LogP) is 3.19. The van der Waals surface area contributed by atoms with E-state index in [9.17, 15) is 9.59 Å². The van der Waals surface area contributed by atoms with Gasteiger partial charge in [-0.2, -0.15) is 5.10 Å². The highest BCUT2D eigenvalue weighted by Gasteiger charge is 2.30. The molecule has 1 aliphatic carbocycles. The predicted molar refractivity (Wildman–Crippen MR) is 119 cm³/mol. The van der Waals surface area contributed by atoms with Gasteiger partial charge < -0.3 is 15.2 Å². The zero-order valence-corrected chi connectivity index (χ0v) is 17.7. The van der Waals surface area contributed by atoms with E-state index in [-0.39, 0.29) is 29.2 Å². The number of fused-ring (bicyclic) bond motifs is 2. The minimum Gasteiger partial charge on any atom is -0.361 e. The zero-order chi connectivity index (χ0) is 21.7. The van der Waals surface area contributed by atoms with Crippen LogP contribution in [0.5, 0.6) is 0 Å². The lowest BCUT2D eigenvalue weighted by Gasteiger charge is -2.21. The lowest BCUT2D eigenvalue weighted by molar-refractivity contribution is 0.0959. The van der Waals surface area contributed by atoms with Gasteiger partial charge in [-0.3, -0.25) is 14.7 Å². The fourth-order valence-electron chi connectivity index (χ4n) is 3.93. The summed E-state index contributed by atoms with van der Waals surface area (Å²) < 4.78 is 1.83. The second kappa shape index (κ2) is 7.35. The number of aromatic amines is 1. The summed E-state index contributed by atoms with van der Waals surface area (Å²) >= 11 is 6.34. The van der Waals surface area contributed by atoms with Gasteiger partial charge in [0, 0.05) is 18.8 Å². The van der Waals surface area contributed by atoms with Gasteiger partial charge in [0.1, 0.15) is 17.8 Å². The zero-order valence-electron chi connectivity index (χ0n) is 16.9. The lowest BCUT2D eigenvalue weighted by Crippen LogP contribution is -2.26. The maximum absolute atomic E-state index is 13.3. The van der Waals surface area contributed by atoms with E-state index in [1.165, 1.54) is 6.33 Å². The monoisotopic (exact) mass is 437 g/mol. The molecule has 1 aliphatic rings. The van der Waals surface area contributed by atoms with E-state index >= 15 is 0 Å². The third kappa shape index (κ3) is 3.21. The first-order valence-electron chi connectivity index (χ1n) is 10.0. The summed E-state index contributed by atoms with van der Waals surface area (Å²) in [5, 5.41) is 15.0. The quantitative estimate of drug-likeness (QED) is 0.441. The summed E-state index contributed by atoms with van der Waals surface area (Å²) in [7, 11) is 1.54. The van der Waals surface area contributed by atoms with Crippen molar-refractivity contribution in [3.05, 3.63) is 57.4 Å². The third-order valence-electron chi connectivity index (χ3n) is 5.57. The standard InChI is InChI=1S/C21H20ClN7O2/c1-10(26-18-16-17(20(30)23-2)27-28-19(16)25-9-24-18)14-8-11-4-3-5-13(22)15(11)21(31)29(14)12-6-7-12/h3-5,8-10,12H,6-7H2,1-2H3,(H,23,30)(H2,24,25,26,27,28). The van der Waals surface area contributed by atoms with Crippen LogP contribution in [0.3, 0.4) is 0 Å². The van der Waals surface area contributed by atoms with Crippen molar-refractivity contribution in [1.29, 1.82) is 0 Å². The fourth-order valence-corrected chi connectivity index (χ4v) is 4.19. The van der Waals surface area contributed by atoms with Crippen molar-refractivity contribution < 1.29 is 4.79 Å². The Balaban J connectivity index is 1.63. The topological polar surface area (TPSA) is 118 Å². The van der Waals surface area contributed by atoms with Gasteiger partial charge in [0.05, 0.1) is 21.8 Å².